The second-order valence-electron chi connectivity index (χ2n) is 14.9. The van der Waals surface area contributed by atoms with E-state index in [4.69, 9.17) is 9.97 Å². The number of fused-ring (bicyclic) bond motifs is 3. The molecule has 0 spiro atoms. The molecular formula is C56H37N3. The van der Waals surface area contributed by atoms with Crippen LogP contribution in [0.1, 0.15) is 0 Å². The summed E-state index contributed by atoms with van der Waals surface area (Å²) >= 11 is 0. The quantitative estimate of drug-likeness (QED) is 0.155. The third kappa shape index (κ3) is 6.08. The van der Waals surface area contributed by atoms with Gasteiger partial charge in [-0.15, -0.1) is 0 Å². The molecule has 10 aromatic rings. The third-order valence-corrected chi connectivity index (χ3v) is 11.6. The zero-order valence-electron chi connectivity index (χ0n) is 32.2. The van der Waals surface area contributed by atoms with Crippen molar-refractivity contribution in [3.63, 3.8) is 0 Å². The van der Waals surface area contributed by atoms with Crippen LogP contribution in [0.5, 0.6) is 0 Å². The van der Waals surface area contributed by atoms with Crippen LogP contribution in [0.2, 0.25) is 0 Å². The molecule has 0 bridgehead atoms. The first kappa shape index (κ1) is 34.4. The molecule has 1 aliphatic rings. The lowest BCUT2D eigenvalue weighted by Gasteiger charge is -2.28. The maximum atomic E-state index is 4.69. The van der Waals surface area contributed by atoms with Crippen LogP contribution in [0, 0.1) is 0 Å². The smallest absolute Gasteiger partial charge is 0.159 e. The van der Waals surface area contributed by atoms with E-state index in [0.29, 0.717) is 0 Å². The van der Waals surface area contributed by atoms with Crippen molar-refractivity contribution in [3.8, 4) is 78.1 Å². The topological polar surface area (TPSA) is 29.0 Å². The molecule has 1 aliphatic carbocycles. The first-order valence-corrected chi connectivity index (χ1v) is 20.1. The molecule has 0 N–H and O–H groups in total. The molecule has 0 amide bonds. The van der Waals surface area contributed by atoms with E-state index in [1.165, 1.54) is 72.0 Å². The van der Waals surface area contributed by atoms with Crippen molar-refractivity contribution in [3.05, 3.63) is 225 Å². The van der Waals surface area contributed by atoms with Gasteiger partial charge in [-0.2, -0.15) is 0 Å². The standard InChI is InChI=1S/C56H37N3/c1-3-12-38(13-4-1)39-22-24-40(25-23-39)41-26-30-45(31-27-41)59(52-21-8-7-18-47(52)42-14-5-2-6-15-42)46-32-28-43(29-33-46)48-34-35-51(56-57-36-11-37-58-56)55-50-20-10-17-44-16-9-19-49(53(44)50)54(48)55/h1-37H. The van der Waals surface area contributed by atoms with E-state index in [-0.39, 0.29) is 0 Å². The van der Waals surface area contributed by atoms with Gasteiger partial charge in [0.15, 0.2) is 5.82 Å². The first-order valence-electron chi connectivity index (χ1n) is 20.1. The van der Waals surface area contributed by atoms with Gasteiger partial charge in [0.1, 0.15) is 0 Å². The monoisotopic (exact) mass is 751 g/mol. The van der Waals surface area contributed by atoms with Gasteiger partial charge in [0.05, 0.1) is 5.69 Å². The Morgan fingerprint density at radius 1 is 0.288 bits per heavy atom. The van der Waals surface area contributed by atoms with Crippen LogP contribution in [0.15, 0.2) is 225 Å². The average Bonchev–Trinajstić information content (AvgIpc) is 3.66. The maximum absolute atomic E-state index is 4.69. The zero-order chi connectivity index (χ0) is 39.1. The lowest BCUT2D eigenvalue weighted by molar-refractivity contribution is 1.18. The number of benzene rings is 9. The summed E-state index contributed by atoms with van der Waals surface area (Å²) in [6, 6.07) is 76.3. The molecule has 0 atom stereocenters. The molecule has 1 aromatic heterocycles. The Balaban J connectivity index is 1.02. The Hall–Kier alpha value is -7.88. The second-order valence-corrected chi connectivity index (χ2v) is 14.9. The van der Waals surface area contributed by atoms with Gasteiger partial charge in [-0.3, -0.25) is 0 Å². The van der Waals surface area contributed by atoms with Crippen LogP contribution in [0.4, 0.5) is 17.1 Å². The number of aromatic nitrogens is 2. The van der Waals surface area contributed by atoms with E-state index in [2.05, 4.69) is 211 Å². The second kappa shape index (κ2) is 14.6. The summed E-state index contributed by atoms with van der Waals surface area (Å²) in [6.45, 7) is 0. The molecule has 3 heteroatoms. The molecule has 59 heavy (non-hydrogen) atoms. The molecule has 0 fully saturated rings. The SMILES string of the molecule is c1ccc(-c2ccc(-c3ccc(N(c4ccc(-c5ccc(-c6ncccn6)c6c5-c5cccc7cccc-6c57)cc4)c4ccccc4-c4ccccc4)cc3)cc2)cc1. The van der Waals surface area contributed by atoms with E-state index in [9.17, 15) is 0 Å². The molecule has 0 saturated carbocycles. The minimum atomic E-state index is 0.735. The van der Waals surface area contributed by atoms with Crippen molar-refractivity contribution in [2.45, 2.75) is 0 Å². The van der Waals surface area contributed by atoms with Crippen molar-refractivity contribution >= 4 is 27.8 Å². The first-order chi connectivity index (χ1) is 29.3. The highest BCUT2D eigenvalue weighted by Gasteiger charge is 2.28. The van der Waals surface area contributed by atoms with Crippen molar-refractivity contribution in [1.29, 1.82) is 0 Å². The number of para-hydroxylation sites is 1. The molecule has 0 saturated heterocycles. The Kier molecular flexibility index (Phi) is 8.49. The summed E-state index contributed by atoms with van der Waals surface area (Å²) in [4.78, 5) is 11.8. The fourth-order valence-electron chi connectivity index (χ4n) is 8.82. The van der Waals surface area contributed by atoms with Gasteiger partial charge in [0, 0.05) is 40.5 Å². The summed E-state index contributed by atoms with van der Waals surface area (Å²) in [5, 5.41) is 2.52. The Morgan fingerprint density at radius 3 is 1.34 bits per heavy atom. The van der Waals surface area contributed by atoms with Gasteiger partial charge >= 0.3 is 0 Å². The number of hydrogen-bond acceptors (Lipinski definition) is 3. The van der Waals surface area contributed by atoms with Gasteiger partial charge in [-0.1, -0.05) is 170 Å². The van der Waals surface area contributed by atoms with Crippen LogP contribution in [-0.2, 0) is 0 Å². The molecule has 1 heterocycles. The highest BCUT2D eigenvalue weighted by Crippen LogP contribution is 2.54. The minimum absolute atomic E-state index is 0.735. The predicted molar refractivity (Wildman–Crippen MR) is 246 cm³/mol. The Labute approximate surface area is 344 Å². The molecule has 11 rings (SSSR count). The average molecular weight is 752 g/mol. The van der Waals surface area contributed by atoms with E-state index in [1.807, 2.05) is 18.5 Å². The predicted octanol–water partition coefficient (Wildman–Crippen LogP) is 15.1. The number of anilines is 3. The molecule has 9 aromatic carbocycles. The normalized spacial score (nSPS) is 11.4. The highest BCUT2D eigenvalue weighted by molar-refractivity contribution is 6.20. The summed E-state index contributed by atoms with van der Waals surface area (Å²) in [7, 11) is 0. The van der Waals surface area contributed by atoms with Crippen molar-refractivity contribution in [2.75, 3.05) is 4.90 Å². The van der Waals surface area contributed by atoms with Gasteiger partial charge in [0.25, 0.3) is 0 Å². The zero-order valence-corrected chi connectivity index (χ0v) is 32.2. The Bertz CT molecular complexity index is 3100. The summed E-state index contributed by atoms with van der Waals surface area (Å²) in [6.07, 6.45) is 3.64. The number of hydrogen-bond donors (Lipinski definition) is 0. The van der Waals surface area contributed by atoms with Gasteiger partial charge in [-0.25, -0.2) is 9.97 Å². The van der Waals surface area contributed by atoms with Crippen LogP contribution >= 0.6 is 0 Å². The van der Waals surface area contributed by atoms with E-state index in [1.54, 1.807) is 0 Å². The van der Waals surface area contributed by atoms with E-state index in [0.717, 1.165) is 34.0 Å². The maximum Gasteiger partial charge on any atom is 0.159 e. The fourth-order valence-corrected chi connectivity index (χ4v) is 8.82. The summed E-state index contributed by atoms with van der Waals surface area (Å²) in [5.74, 6) is 0.735. The Morgan fingerprint density at radius 2 is 0.729 bits per heavy atom. The third-order valence-electron chi connectivity index (χ3n) is 11.6. The summed E-state index contributed by atoms with van der Waals surface area (Å²) in [5.41, 5.74) is 18.7. The van der Waals surface area contributed by atoms with Crippen LogP contribution in [0.25, 0.3) is 88.9 Å². The molecule has 3 nitrogen and oxygen atoms in total. The molecule has 0 radical (unpaired) electrons. The van der Waals surface area contributed by atoms with Crippen LogP contribution in [0.3, 0.4) is 0 Å². The lowest BCUT2D eigenvalue weighted by Crippen LogP contribution is -2.11. The largest absolute Gasteiger partial charge is 0.310 e. The molecule has 0 aliphatic heterocycles. The summed E-state index contributed by atoms with van der Waals surface area (Å²) < 4.78 is 0. The molecular weight excluding hydrogens is 715 g/mol. The van der Waals surface area contributed by atoms with Crippen LogP contribution < -0.4 is 4.90 Å². The minimum Gasteiger partial charge on any atom is -0.310 e. The fraction of sp³-hybridized carbons (Fsp3) is 0. The molecule has 276 valence electrons. The highest BCUT2D eigenvalue weighted by atomic mass is 15.1. The lowest BCUT2D eigenvalue weighted by atomic mass is 9.90. The van der Waals surface area contributed by atoms with Gasteiger partial charge < -0.3 is 4.90 Å². The van der Waals surface area contributed by atoms with Crippen LogP contribution in [-0.4, -0.2) is 9.97 Å². The van der Waals surface area contributed by atoms with Crippen molar-refractivity contribution in [2.24, 2.45) is 0 Å². The molecule has 0 unspecified atom stereocenters. The number of nitrogens with zero attached hydrogens (tertiary/aromatic N) is 3. The number of rotatable bonds is 8. The van der Waals surface area contributed by atoms with Crippen molar-refractivity contribution in [1.82, 2.24) is 9.97 Å². The van der Waals surface area contributed by atoms with Gasteiger partial charge in [-0.05, 0) is 109 Å². The van der Waals surface area contributed by atoms with Gasteiger partial charge in [0.2, 0.25) is 0 Å². The van der Waals surface area contributed by atoms with Crippen molar-refractivity contribution < 1.29 is 0 Å². The van der Waals surface area contributed by atoms with E-state index < -0.39 is 0 Å². The van der Waals surface area contributed by atoms with E-state index >= 15 is 0 Å².